The molecular weight excluding hydrogens is 334 g/mol. The molecule has 2 aromatic rings. The van der Waals surface area contributed by atoms with Gasteiger partial charge < -0.3 is 14.2 Å². The van der Waals surface area contributed by atoms with E-state index in [0.29, 0.717) is 18.1 Å². The Labute approximate surface area is 143 Å². The Morgan fingerprint density at radius 2 is 1.80 bits per heavy atom. The van der Waals surface area contributed by atoms with Crippen LogP contribution in [0.15, 0.2) is 36.4 Å². The first-order valence-corrected chi connectivity index (χ1v) is 7.42. The fourth-order valence-corrected chi connectivity index (χ4v) is 2.07. The Kier molecular flexibility index (Phi) is 6.05. The zero-order valence-corrected chi connectivity index (χ0v) is 13.7. The van der Waals surface area contributed by atoms with Crippen LogP contribution in [0.2, 0.25) is 0 Å². The number of carbonyl (C=O) groups is 2. The lowest BCUT2D eigenvalue weighted by Gasteiger charge is -2.11. The summed E-state index contributed by atoms with van der Waals surface area (Å²) in [6.45, 7) is 1.52. The van der Waals surface area contributed by atoms with E-state index in [0.717, 1.165) is 18.2 Å². The number of rotatable bonds is 7. The van der Waals surface area contributed by atoms with Gasteiger partial charge in [-0.15, -0.1) is 0 Å². The van der Waals surface area contributed by atoms with Gasteiger partial charge in [0.2, 0.25) is 5.78 Å². The molecule has 0 unspecified atom stereocenters. The summed E-state index contributed by atoms with van der Waals surface area (Å²) in [7, 11) is 1.42. The number of halogens is 2. The van der Waals surface area contributed by atoms with Gasteiger partial charge in [0.25, 0.3) is 0 Å². The SMILES string of the molecule is CCOc1ccc(C(=O)OCC(=O)c2cc(F)ccc2F)cc1OC. The predicted octanol–water partition coefficient (Wildman–Crippen LogP) is 3.41. The molecule has 25 heavy (non-hydrogen) atoms. The molecule has 0 atom stereocenters. The van der Waals surface area contributed by atoms with E-state index in [1.54, 1.807) is 6.92 Å². The van der Waals surface area contributed by atoms with Gasteiger partial charge in [-0.3, -0.25) is 4.79 Å². The molecule has 0 fully saturated rings. The van der Waals surface area contributed by atoms with Gasteiger partial charge in [-0.05, 0) is 43.3 Å². The lowest BCUT2D eigenvalue weighted by atomic mass is 10.1. The first-order chi connectivity index (χ1) is 12.0. The maximum absolute atomic E-state index is 13.5. The van der Waals surface area contributed by atoms with Gasteiger partial charge in [0, 0.05) is 0 Å². The van der Waals surface area contributed by atoms with Crippen LogP contribution in [0.4, 0.5) is 8.78 Å². The van der Waals surface area contributed by atoms with Crippen LogP contribution in [-0.4, -0.2) is 32.1 Å². The summed E-state index contributed by atoms with van der Waals surface area (Å²) in [5.41, 5.74) is -0.343. The van der Waals surface area contributed by atoms with Crippen molar-refractivity contribution >= 4 is 11.8 Å². The zero-order valence-electron chi connectivity index (χ0n) is 13.7. The minimum absolute atomic E-state index is 0.132. The molecule has 0 aromatic heterocycles. The maximum Gasteiger partial charge on any atom is 0.338 e. The Bertz CT molecular complexity index is 789. The van der Waals surface area contributed by atoms with E-state index in [4.69, 9.17) is 14.2 Å². The molecule has 0 heterocycles. The first kappa shape index (κ1) is 18.4. The van der Waals surface area contributed by atoms with Crippen molar-refractivity contribution in [3.63, 3.8) is 0 Å². The van der Waals surface area contributed by atoms with Crippen molar-refractivity contribution in [3.05, 3.63) is 59.2 Å². The summed E-state index contributed by atoms with van der Waals surface area (Å²) in [6.07, 6.45) is 0. The fourth-order valence-electron chi connectivity index (χ4n) is 2.07. The van der Waals surface area contributed by atoms with Crippen molar-refractivity contribution in [1.29, 1.82) is 0 Å². The van der Waals surface area contributed by atoms with E-state index in [2.05, 4.69) is 0 Å². The average molecular weight is 350 g/mol. The lowest BCUT2D eigenvalue weighted by molar-refractivity contribution is 0.0473. The predicted molar refractivity (Wildman–Crippen MR) is 85.1 cm³/mol. The number of ether oxygens (including phenoxy) is 3. The molecule has 0 amide bonds. The number of carbonyl (C=O) groups excluding carboxylic acids is 2. The second kappa shape index (κ2) is 8.23. The van der Waals surface area contributed by atoms with Crippen molar-refractivity contribution < 1.29 is 32.6 Å². The summed E-state index contributed by atoms with van der Waals surface area (Å²) in [5.74, 6) is -2.49. The number of Topliss-reactive ketones (excluding diaryl/α,β-unsaturated/α-hetero) is 1. The number of hydrogen-bond donors (Lipinski definition) is 0. The molecule has 0 aliphatic heterocycles. The molecule has 7 heteroatoms. The number of methoxy groups -OCH3 is 1. The molecule has 0 spiro atoms. The lowest BCUT2D eigenvalue weighted by Crippen LogP contribution is -2.15. The summed E-state index contributed by atoms with van der Waals surface area (Å²) in [6, 6.07) is 6.87. The van der Waals surface area contributed by atoms with Gasteiger partial charge >= 0.3 is 5.97 Å². The van der Waals surface area contributed by atoms with Crippen molar-refractivity contribution in [3.8, 4) is 11.5 Å². The molecule has 0 N–H and O–H groups in total. The quantitative estimate of drug-likeness (QED) is 0.566. The first-order valence-electron chi connectivity index (χ1n) is 7.42. The van der Waals surface area contributed by atoms with E-state index in [1.807, 2.05) is 0 Å². The average Bonchev–Trinajstić information content (AvgIpc) is 2.62. The maximum atomic E-state index is 13.5. The number of esters is 1. The Balaban J connectivity index is 2.07. The van der Waals surface area contributed by atoms with Crippen LogP contribution in [0.1, 0.15) is 27.6 Å². The van der Waals surface area contributed by atoms with Crippen LogP contribution in [0.3, 0.4) is 0 Å². The molecule has 0 aliphatic rings. The highest BCUT2D eigenvalue weighted by atomic mass is 19.1. The van der Waals surface area contributed by atoms with Gasteiger partial charge in [-0.25, -0.2) is 13.6 Å². The molecule has 0 saturated heterocycles. The Morgan fingerprint density at radius 1 is 1.04 bits per heavy atom. The van der Waals surface area contributed by atoms with Crippen LogP contribution in [0.25, 0.3) is 0 Å². The highest BCUT2D eigenvalue weighted by Gasteiger charge is 2.17. The van der Waals surface area contributed by atoms with Gasteiger partial charge in [-0.2, -0.15) is 0 Å². The largest absolute Gasteiger partial charge is 0.493 e. The van der Waals surface area contributed by atoms with Crippen LogP contribution in [0, 0.1) is 11.6 Å². The monoisotopic (exact) mass is 350 g/mol. The van der Waals surface area contributed by atoms with Crippen LogP contribution in [0.5, 0.6) is 11.5 Å². The molecule has 0 aliphatic carbocycles. The standard InChI is InChI=1S/C18H16F2O5/c1-3-24-16-7-4-11(8-17(16)23-2)18(22)25-10-15(21)13-9-12(19)5-6-14(13)20/h4-9H,3,10H2,1-2H3. The molecule has 0 radical (unpaired) electrons. The van der Waals surface area contributed by atoms with Gasteiger partial charge in [0.1, 0.15) is 11.6 Å². The van der Waals surface area contributed by atoms with Gasteiger partial charge in [0.05, 0.1) is 24.8 Å². The van der Waals surface area contributed by atoms with Gasteiger partial charge in [-0.1, -0.05) is 0 Å². The van der Waals surface area contributed by atoms with Crippen LogP contribution in [-0.2, 0) is 4.74 Å². The van der Waals surface area contributed by atoms with E-state index in [1.165, 1.54) is 25.3 Å². The Hall–Kier alpha value is -2.96. The molecule has 5 nitrogen and oxygen atoms in total. The highest BCUT2D eigenvalue weighted by molar-refractivity contribution is 5.99. The minimum Gasteiger partial charge on any atom is -0.493 e. The smallest absolute Gasteiger partial charge is 0.338 e. The molecule has 2 aromatic carbocycles. The van der Waals surface area contributed by atoms with E-state index in [9.17, 15) is 18.4 Å². The summed E-state index contributed by atoms with van der Waals surface area (Å²) >= 11 is 0. The second-order valence-electron chi connectivity index (χ2n) is 4.92. The normalized spacial score (nSPS) is 10.2. The number of benzene rings is 2. The topological polar surface area (TPSA) is 61.8 Å². The third-order valence-electron chi connectivity index (χ3n) is 3.26. The molecule has 2 rings (SSSR count). The minimum atomic E-state index is -0.884. The van der Waals surface area contributed by atoms with Crippen molar-refractivity contribution in [2.24, 2.45) is 0 Å². The van der Waals surface area contributed by atoms with Crippen molar-refractivity contribution in [2.75, 3.05) is 20.3 Å². The zero-order chi connectivity index (χ0) is 18.4. The summed E-state index contributed by atoms with van der Waals surface area (Å²) < 4.78 is 41.9. The summed E-state index contributed by atoms with van der Waals surface area (Å²) in [5, 5.41) is 0. The third-order valence-corrected chi connectivity index (χ3v) is 3.26. The molecule has 0 bridgehead atoms. The Morgan fingerprint density at radius 3 is 2.48 bits per heavy atom. The molecular formula is C18H16F2O5. The third kappa shape index (κ3) is 4.53. The van der Waals surface area contributed by atoms with Crippen LogP contribution >= 0.6 is 0 Å². The number of hydrogen-bond acceptors (Lipinski definition) is 5. The molecule has 0 saturated carbocycles. The van der Waals surface area contributed by atoms with Crippen molar-refractivity contribution in [2.45, 2.75) is 6.92 Å². The summed E-state index contributed by atoms with van der Waals surface area (Å²) in [4.78, 5) is 23.9. The molecule has 132 valence electrons. The highest BCUT2D eigenvalue weighted by Crippen LogP contribution is 2.28. The van der Waals surface area contributed by atoms with Crippen molar-refractivity contribution in [1.82, 2.24) is 0 Å². The number of ketones is 1. The van der Waals surface area contributed by atoms with E-state index >= 15 is 0 Å². The van der Waals surface area contributed by atoms with E-state index < -0.39 is 35.6 Å². The van der Waals surface area contributed by atoms with E-state index in [-0.39, 0.29) is 5.56 Å². The van der Waals surface area contributed by atoms with Crippen LogP contribution < -0.4 is 9.47 Å². The van der Waals surface area contributed by atoms with Gasteiger partial charge in [0.15, 0.2) is 18.1 Å². The second-order valence-corrected chi connectivity index (χ2v) is 4.92. The fraction of sp³-hybridized carbons (Fsp3) is 0.222.